The summed E-state index contributed by atoms with van der Waals surface area (Å²) in [6.07, 6.45) is 1.00. The first kappa shape index (κ1) is 13.6. The smallest absolute Gasteiger partial charge is 0.255 e. The van der Waals surface area contributed by atoms with Gasteiger partial charge in [-0.05, 0) is 36.6 Å². The zero-order chi connectivity index (χ0) is 14.0. The van der Waals surface area contributed by atoms with Crippen molar-refractivity contribution in [3.63, 3.8) is 0 Å². The number of benzene rings is 1. The van der Waals surface area contributed by atoms with Crippen LogP contribution in [-0.2, 0) is 13.5 Å². The Kier molecular flexibility index (Phi) is 3.86. The van der Waals surface area contributed by atoms with E-state index in [2.05, 4.69) is 19.1 Å². The maximum absolute atomic E-state index is 12.2. The monoisotopic (exact) mass is 256 g/mol. The highest BCUT2D eigenvalue weighted by Crippen LogP contribution is 2.17. The molecule has 0 saturated carbocycles. The van der Waals surface area contributed by atoms with Crippen LogP contribution in [0.25, 0.3) is 0 Å². The Morgan fingerprint density at radius 1 is 1.16 bits per heavy atom. The maximum Gasteiger partial charge on any atom is 0.255 e. The highest BCUT2D eigenvalue weighted by atomic mass is 16.1. The lowest BCUT2D eigenvalue weighted by molar-refractivity contribution is 0.762. The SMILES string of the molecule is CCc1ccc(C(N)c2ccc(C)n(C)c2=O)cc1. The molecule has 0 bridgehead atoms. The summed E-state index contributed by atoms with van der Waals surface area (Å²) < 4.78 is 1.63. The normalized spacial score (nSPS) is 12.4. The molecule has 0 spiro atoms. The molecule has 0 aliphatic heterocycles. The molecule has 3 heteroatoms. The van der Waals surface area contributed by atoms with Gasteiger partial charge in [0.15, 0.2) is 0 Å². The maximum atomic E-state index is 12.2. The van der Waals surface area contributed by atoms with Gasteiger partial charge in [-0.1, -0.05) is 31.2 Å². The summed E-state index contributed by atoms with van der Waals surface area (Å²) in [4.78, 5) is 12.2. The van der Waals surface area contributed by atoms with Crippen LogP contribution in [0.3, 0.4) is 0 Å². The van der Waals surface area contributed by atoms with Crippen LogP contribution >= 0.6 is 0 Å². The molecule has 100 valence electrons. The molecule has 1 unspecified atom stereocenters. The summed E-state index contributed by atoms with van der Waals surface area (Å²) in [5, 5.41) is 0. The Hall–Kier alpha value is -1.87. The first-order chi connectivity index (χ1) is 9.04. The highest BCUT2D eigenvalue weighted by molar-refractivity contribution is 5.32. The van der Waals surface area contributed by atoms with Gasteiger partial charge in [0.25, 0.3) is 5.56 Å². The second-order valence-corrected chi connectivity index (χ2v) is 4.87. The van der Waals surface area contributed by atoms with Crippen LogP contribution in [0.4, 0.5) is 0 Å². The van der Waals surface area contributed by atoms with Gasteiger partial charge in [0.2, 0.25) is 0 Å². The second kappa shape index (κ2) is 5.41. The van der Waals surface area contributed by atoms with Crippen molar-refractivity contribution in [2.24, 2.45) is 12.8 Å². The molecule has 0 radical (unpaired) electrons. The third-order valence-electron chi connectivity index (χ3n) is 3.67. The van der Waals surface area contributed by atoms with Gasteiger partial charge in [0, 0.05) is 18.3 Å². The zero-order valence-corrected chi connectivity index (χ0v) is 11.7. The number of hydrogen-bond acceptors (Lipinski definition) is 2. The molecule has 0 aliphatic carbocycles. The summed E-state index contributed by atoms with van der Waals surface area (Å²) in [6, 6.07) is 11.5. The Bertz CT molecular complexity index is 626. The van der Waals surface area contributed by atoms with Crippen LogP contribution < -0.4 is 11.3 Å². The van der Waals surface area contributed by atoms with Crippen LogP contribution in [0.5, 0.6) is 0 Å². The van der Waals surface area contributed by atoms with E-state index < -0.39 is 0 Å². The van der Waals surface area contributed by atoms with Crippen molar-refractivity contribution < 1.29 is 0 Å². The number of nitrogens with zero attached hydrogens (tertiary/aromatic N) is 1. The van der Waals surface area contributed by atoms with E-state index in [0.717, 1.165) is 17.7 Å². The Morgan fingerprint density at radius 2 is 1.79 bits per heavy atom. The summed E-state index contributed by atoms with van der Waals surface area (Å²) in [7, 11) is 1.77. The molecule has 3 nitrogen and oxygen atoms in total. The first-order valence-electron chi connectivity index (χ1n) is 6.55. The van der Waals surface area contributed by atoms with Gasteiger partial charge in [-0.15, -0.1) is 0 Å². The molecule has 0 saturated heterocycles. The van der Waals surface area contributed by atoms with Crippen molar-refractivity contribution in [1.82, 2.24) is 4.57 Å². The largest absolute Gasteiger partial charge is 0.320 e. The zero-order valence-electron chi connectivity index (χ0n) is 11.7. The van der Waals surface area contributed by atoms with Gasteiger partial charge in [0.05, 0.1) is 6.04 Å². The van der Waals surface area contributed by atoms with Crippen LogP contribution in [0.2, 0.25) is 0 Å². The molecule has 1 aromatic heterocycles. The van der Waals surface area contributed by atoms with E-state index in [9.17, 15) is 4.79 Å². The fraction of sp³-hybridized carbons (Fsp3) is 0.312. The number of rotatable bonds is 3. The molecular formula is C16H20N2O. The van der Waals surface area contributed by atoms with Crippen molar-refractivity contribution in [2.75, 3.05) is 0 Å². The molecule has 1 heterocycles. The topological polar surface area (TPSA) is 48.0 Å². The molecule has 0 aliphatic rings. The van der Waals surface area contributed by atoms with Gasteiger partial charge in [-0.25, -0.2) is 0 Å². The van der Waals surface area contributed by atoms with E-state index in [4.69, 9.17) is 5.73 Å². The van der Waals surface area contributed by atoms with Crippen molar-refractivity contribution in [3.05, 3.63) is 69.1 Å². The van der Waals surface area contributed by atoms with Crippen molar-refractivity contribution in [2.45, 2.75) is 26.3 Å². The van der Waals surface area contributed by atoms with E-state index in [-0.39, 0.29) is 11.6 Å². The van der Waals surface area contributed by atoms with E-state index >= 15 is 0 Å². The predicted octanol–water partition coefficient (Wildman–Crippen LogP) is 2.30. The van der Waals surface area contributed by atoms with E-state index in [1.54, 1.807) is 11.6 Å². The van der Waals surface area contributed by atoms with Crippen LogP contribution in [0.15, 0.2) is 41.2 Å². The molecule has 0 fully saturated rings. The minimum absolute atomic E-state index is 0.0212. The molecule has 2 aromatic rings. The van der Waals surface area contributed by atoms with Crippen molar-refractivity contribution in [1.29, 1.82) is 0 Å². The molecule has 1 atom stereocenters. The summed E-state index contributed by atoms with van der Waals surface area (Å²) in [5.41, 5.74) is 10.0. The number of hydrogen-bond donors (Lipinski definition) is 1. The molecule has 19 heavy (non-hydrogen) atoms. The van der Waals surface area contributed by atoms with Crippen LogP contribution in [-0.4, -0.2) is 4.57 Å². The Balaban J connectivity index is 2.41. The number of nitrogens with two attached hydrogens (primary N) is 1. The van der Waals surface area contributed by atoms with Gasteiger partial charge >= 0.3 is 0 Å². The van der Waals surface area contributed by atoms with E-state index in [0.29, 0.717) is 5.56 Å². The molecule has 2 N–H and O–H groups in total. The summed E-state index contributed by atoms with van der Waals surface area (Å²) >= 11 is 0. The summed E-state index contributed by atoms with van der Waals surface area (Å²) in [5.74, 6) is 0. The minimum atomic E-state index is -0.370. The Morgan fingerprint density at radius 3 is 2.37 bits per heavy atom. The summed E-state index contributed by atoms with van der Waals surface area (Å²) in [6.45, 7) is 4.03. The van der Waals surface area contributed by atoms with Crippen LogP contribution in [0, 0.1) is 6.92 Å². The standard InChI is InChI=1S/C16H20N2O/c1-4-12-6-8-13(9-7-12)15(17)14-10-5-11(2)18(3)16(14)19/h5-10,15H,4,17H2,1-3H3. The van der Waals surface area contributed by atoms with Gasteiger partial charge in [0.1, 0.15) is 0 Å². The molecule has 0 amide bonds. The number of pyridine rings is 1. The fourth-order valence-corrected chi connectivity index (χ4v) is 2.12. The second-order valence-electron chi connectivity index (χ2n) is 4.87. The predicted molar refractivity (Wildman–Crippen MR) is 78.3 cm³/mol. The molecule has 1 aromatic carbocycles. The molecule has 2 rings (SSSR count). The fourth-order valence-electron chi connectivity index (χ4n) is 2.12. The average molecular weight is 256 g/mol. The lowest BCUT2D eigenvalue weighted by atomic mass is 9.99. The first-order valence-corrected chi connectivity index (χ1v) is 6.55. The third-order valence-corrected chi connectivity index (χ3v) is 3.67. The number of aryl methyl sites for hydroxylation is 2. The average Bonchev–Trinajstić information content (AvgIpc) is 2.44. The van der Waals surface area contributed by atoms with Gasteiger partial charge in [-0.2, -0.15) is 0 Å². The number of aromatic nitrogens is 1. The van der Waals surface area contributed by atoms with Crippen molar-refractivity contribution in [3.8, 4) is 0 Å². The highest BCUT2D eigenvalue weighted by Gasteiger charge is 2.13. The lowest BCUT2D eigenvalue weighted by Gasteiger charge is -2.14. The Labute approximate surface area is 113 Å². The van der Waals surface area contributed by atoms with Crippen LogP contribution in [0.1, 0.15) is 35.3 Å². The van der Waals surface area contributed by atoms with E-state index in [1.807, 2.05) is 31.2 Å². The molecular weight excluding hydrogens is 236 g/mol. The van der Waals surface area contributed by atoms with Gasteiger partial charge < -0.3 is 10.3 Å². The van der Waals surface area contributed by atoms with E-state index in [1.165, 1.54) is 5.56 Å². The lowest BCUT2D eigenvalue weighted by Crippen LogP contribution is -2.28. The quantitative estimate of drug-likeness (QED) is 0.916. The third kappa shape index (κ3) is 2.61. The van der Waals surface area contributed by atoms with Crippen molar-refractivity contribution >= 4 is 0 Å². The minimum Gasteiger partial charge on any atom is -0.320 e. The van der Waals surface area contributed by atoms with Gasteiger partial charge in [-0.3, -0.25) is 4.79 Å².